The van der Waals surface area contributed by atoms with Crippen LogP contribution in [0.5, 0.6) is 0 Å². The van der Waals surface area contributed by atoms with E-state index in [1.807, 2.05) is 26.0 Å². The lowest BCUT2D eigenvalue weighted by Gasteiger charge is -2.12. The summed E-state index contributed by atoms with van der Waals surface area (Å²) in [5, 5.41) is 8.70. The van der Waals surface area contributed by atoms with E-state index in [4.69, 9.17) is 5.26 Å². The fourth-order valence-electron chi connectivity index (χ4n) is 0.819. The van der Waals surface area contributed by atoms with Gasteiger partial charge in [-0.1, -0.05) is 18.2 Å². The summed E-state index contributed by atoms with van der Waals surface area (Å²) in [7, 11) is 0. The molecule has 0 rings (SSSR count). The second-order valence-corrected chi connectivity index (χ2v) is 2.52. The first-order chi connectivity index (χ1) is 4.68. The number of hydrogen-bond donors (Lipinski definition) is 0. The van der Waals surface area contributed by atoms with Gasteiger partial charge in [0.2, 0.25) is 0 Å². The Kier molecular flexibility index (Phi) is 3.49. The van der Waals surface area contributed by atoms with Crippen molar-refractivity contribution in [2.24, 2.45) is 5.41 Å². The largest absolute Gasteiger partial charge is 0.197 e. The van der Waals surface area contributed by atoms with Crippen LogP contribution >= 0.6 is 0 Å². The van der Waals surface area contributed by atoms with Crippen LogP contribution in [0.1, 0.15) is 20.3 Å². The van der Waals surface area contributed by atoms with Gasteiger partial charge in [0.15, 0.2) is 0 Å². The van der Waals surface area contributed by atoms with Gasteiger partial charge in [0.05, 0.1) is 11.5 Å². The monoisotopic (exact) mass is 135 g/mol. The van der Waals surface area contributed by atoms with Crippen LogP contribution in [0, 0.1) is 16.7 Å². The smallest absolute Gasteiger partial charge is 0.0759 e. The third-order valence-corrected chi connectivity index (χ3v) is 1.36. The highest BCUT2D eigenvalue weighted by Crippen LogP contribution is 2.21. The van der Waals surface area contributed by atoms with Crippen molar-refractivity contribution in [1.29, 1.82) is 5.26 Å². The molecule has 1 nitrogen and oxygen atoms in total. The van der Waals surface area contributed by atoms with Crippen molar-refractivity contribution in [3.63, 3.8) is 0 Å². The van der Waals surface area contributed by atoms with Crippen LogP contribution in [0.2, 0.25) is 0 Å². The van der Waals surface area contributed by atoms with Gasteiger partial charge >= 0.3 is 0 Å². The minimum atomic E-state index is -0.351. The van der Waals surface area contributed by atoms with Gasteiger partial charge in [-0.25, -0.2) is 0 Å². The van der Waals surface area contributed by atoms with Crippen LogP contribution in [0.4, 0.5) is 0 Å². The molecule has 0 spiro atoms. The molecule has 0 heterocycles. The maximum atomic E-state index is 8.70. The fraction of sp³-hybridized carbons (Fsp3) is 0.444. The van der Waals surface area contributed by atoms with Crippen molar-refractivity contribution in [2.45, 2.75) is 20.3 Å². The van der Waals surface area contributed by atoms with E-state index in [1.165, 1.54) is 0 Å². The Morgan fingerprint density at radius 2 is 2.30 bits per heavy atom. The molecule has 1 unspecified atom stereocenters. The van der Waals surface area contributed by atoms with Gasteiger partial charge < -0.3 is 0 Å². The predicted molar refractivity (Wildman–Crippen MR) is 43.3 cm³/mol. The van der Waals surface area contributed by atoms with Crippen LogP contribution < -0.4 is 0 Å². The Hall–Kier alpha value is -1.03. The minimum absolute atomic E-state index is 0.351. The van der Waals surface area contributed by atoms with Crippen molar-refractivity contribution in [1.82, 2.24) is 0 Å². The highest BCUT2D eigenvalue weighted by Gasteiger charge is 2.16. The topological polar surface area (TPSA) is 23.8 Å². The highest BCUT2D eigenvalue weighted by atomic mass is 14.3. The molecule has 0 saturated heterocycles. The Morgan fingerprint density at radius 1 is 1.70 bits per heavy atom. The lowest BCUT2D eigenvalue weighted by atomic mass is 9.88. The first-order valence-corrected chi connectivity index (χ1v) is 3.34. The lowest BCUT2D eigenvalue weighted by molar-refractivity contribution is 0.578. The van der Waals surface area contributed by atoms with E-state index < -0.39 is 0 Å². The average molecular weight is 135 g/mol. The summed E-state index contributed by atoms with van der Waals surface area (Å²) in [5.41, 5.74) is -0.351. The summed E-state index contributed by atoms with van der Waals surface area (Å²) in [6.07, 6.45) is 6.28. The number of rotatable bonds is 3. The van der Waals surface area contributed by atoms with Crippen LogP contribution in [-0.2, 0) is 0 Å². The molecule has 1 heteroatoms. The number of nitrogens with zero attached hydrogens (tertiary/aromatic N) is 1. The van der Waals surface area contributed by atoms with E-state index >= 15 is 0 Å². The summed E-state index contributed by atoms with van der Waals surface area (Å²) in [6, 6.07) is 2.22. The van der Waals surface area contributed by atoms with Gasteiger partial charge in [0.25, 0.3) is 0 Å². The van der Waals surface area contributed by atoms with E-state index in [9.17, 15) is 0 Å². The highest BCUT2D eigenvalue weighted by molar-refractivity contribution is 5.11. The Balaban J connectivity index is 4.25. The molecule has 0 bridgehead atoms. The molecule has 0 aliphatic rings. The van der Waals surface area contributed by atoms with Gasteiger partial charge in [-0.3, -0.25) is 0 Å². The molecule has 0 N–H and O–H groups in total. The first-order valence-electron chi connectivity index (χ1n) is 3.34. The minimum Gasteiger partial charge on any atom is -0.197 e. The van der Waals surface area contributed by atoms with Crippen molar-refractivity contribution < 1.29 is 0 Å². The van der Waals surface area contributed by atoms with Crippen molar-refractivity contribution in [3.05, 3.63) is 24.8 Å². The van der Waals surface area contributed by atoms with Crippen LogP contribution in [0.25, 0.3) is 0 Å². The Morgan fingerprint density at radius 3 is 2.60 bits per heavy atom. The van der Waals surface area contributed by atoms with Gasteiger partial charge in [-0.15, -0.1) is 6.58 Å². The quantitative estimate of drug-likeness (QED) is 0.546. The molecule has 1 atom stereocenters. The fourth-order valence-corrected chi connectivity index (χ4v) is 0.819. The molecule has 0 aliphatic heterocycles. The summed E-state index contributed by atoms with van der Waals surface area (Å²) < 4.78 is 0. The molecule has 0 aliphatic carbocycles. The Bertz CT molecular complexity index is 174. The van der Waals surface area contributed by atoms with Crippen molar-refractivity contribution >= 4 is 0 Å². The van der Waals surface area contributed by atoms with E-state index in [2.05, 4.69) is 12.6 Å². The molecule has 54 valence electrons. The van der Waals surface area contributed by atoms with Gasteiger partial charge in [0, 0.05) is 0 Å². The van der Waals surface area contributed by atoms with Gasteiger partial charge in [-0.2, -0.15) is 5.26 Å². The maximum absolute atomic E-state index is 8.70. The standard InChI is InChI=1S/C9H13N/c1-4-6-9(3,8-10)7-5-2/h4-5,7H,1,6H2,2-3H3/b7-5-. The van der Waals surface area contributed by atoms with E-state index in [1.54, 1.807) is 6.08 Å². The third-order valence-electron chi connectivity index (χ3n) is 1.36. The molecule has 0 radical (unpaired) electrons. The maximum Gasteiger partial charge on any atom is 0.0759 e. The molecule has 0 aromatic rings. The average Bonchev–Trinajstić information content (AvgIpc) is 1.89. The first kappa shape index (κ1) is 8.97. The van der Waals surface area contributed by atoms with Crippen molar-refractivity contribution in [3.8, 4) is 6.07 Å². The third kappa shape index (κ3) is 2.50. The Labute approximate surface area is 62.7 Å². The number of hydrogen-bond acceptors (Lipinski definition) is 1. The van der Waals surface area contributed by atoms with Crippen LogP contribution in [0.15, 0.2) is 24.8 Å². The molecular weight excluding hydrogens is 122 g/mol. The summed E-state index contributed by atoms with van der Waals surface area (Å²) in [5.74, 6) is 0. The SMILES string of the molecule is C=CCC(C)(C#N)/C=C\C. The van der Waals surface area contributed by atoms with E-state index in [0.29, 0.717) is 6.42 Å². The van der Waals surface area contributed by atoms with Crippen LogP contribution in [-0.4, -0.2) is 0 Å². The van der Waals surface area contributed by atoms with Crippen LogP contribution in [0.3, 0.4) is 0 Å². The predicted octanol–water partition coefficient (Wildman–Crippen LogP) is 2.67. The normalized spacial score (nSPS) is 16.1. The summed E-state index contributed by atoms with van der Waals surface area (Å²) in [4.78, 5) is 0. The van der Waals surface area contributed by atoms with E-state index in [0.717, 1.165) is 0 Å². The van der Waals surface area contributed by atoms with Gasteiger partial charge in [-0.05, 0) is 20.3 Å². The summed E-state index contributed by atoms with van der Waals surface area (Å²) in [6.45, 7) is 7.40. The zero-order valence-electron chi connectivity index (χ0n) is 6.59. The molecule has 0 aromatic heterocycles. The van der Waals surface area contributed by atoms with E-state index in [-0.39, 0.29) is 5.41 Å². The second kappa shape index (κ2) is 3.90. The zero-order chi connectivity index (χ0) is 8.04. The molecule has 0 saturated carbocycles. The summed E-state index contributed by atoms with van der Waals surface area (Å²) >= 11 is 0. The molecular formula is C9H13N. The van der Waals surface area contributed by atoms with Crippen molar-refractivity contribution in [2.75, 3.05) is 0 Å². The molecule has 0 aromatic carbocycles. The zero-order valence-corrected chi connectivity index (χ0v) is 6.59. The molecule has 10 heavy (non-hydrogen) atoms. The second-order valence-electron chi connectivity index (χ2n) is 2.52. The molecule has 0 amide bonds. The number of nitriles is 1. The molecule has 0 fully saturated rings. The lowest BCUT2D eigenvalue weighted by Crippen LogP contribution is -2.07. The van der Waals surface area contributed by atoms with Gasteiger partial charge in [0.1, 0.15) is 0 Å². The number of allylic oxidation sites excluding steroid dienone is 3.